The van der Waals surface area contributed by atoms with Crippen LogP contribution in [0.15, 0.2) is 18.2 Å². The zero-order chi connectivity index (χ0) is 31.3. The van der Waals surface area contributed by atoms with Gasteiger partial charge < -0.3 is 14.8 Å². The summed E-state index contributed by atoms with van der Waals surface area (Å²) in [5.74, 6) is -0.629. The van der Waals surface area contributed by atoms with Crippen molar-refractivity contribution in [2.24, 2.45) is 10.8 Å². The van der Waals surface area contributed by atoms with E-state index in [1.165, 1.54) is 12.1 Å². The summed E-state index contributed by atoms with van der Waals surface area (Å²) in [4.78, 5) is 25.4. The van der Waals surface area contributed by atoms with Gasteiger partial charge in [-0.25, -0.2) is 0 Å². The molecule has 0 saturated carbocycles. The molecule has 1 rings (SSSR count). The van der Waals surface area contributed by atoms with Crippen molar-refractivity contribution < 1.29 is 31.7 Å². The molecular formula is C32H55NO7S. The average Bonchev–Trinajstić information content (AvgIpc) is 2.80. The van der Waals surface area contributed by atoms with Gasteiger partial charge in [0.15, 0.2) is 11.5 Å². The number of carbonyl (C=O) groups is 2. The van der Waals surface area contributed by atoms with Crippen molar-refractivity contribution in [2.75, 3.05) is 12.8 Å². The molecule has 1 aromatic rings. The van der Waals surface area contributed by atoms with Crippen LogP contribution in [0.2, 0.25) is 0 Å². The van der Waals surface area contributed by atoms with Crippen LogP contribution in [-0.4, -0.2) is 39.2 Å². The van der Waals surface area contributed by atoms with Crippen LogP contribution in [-0.2, 0) is 23.9 Å². The fourth-order valence-corrected chi connectivity index (χ4v) is 4.80. The van der Waals surface area contributed by atoms with Crippen molar-refractivity contribution in [1.29, 1.82) is 0 Å². The Morgan fingerprint density at radius 3 is 1.71 bits per heavy atom. The van der Waals surface area contributed by atoms with Crippen LogP contribution < -0.4 is 14.8 Å². The van der Waals surface area contributed by atoms with Crippen molar-refractivity contribution in [1.82, 2.24) is 5.32 Å². The Kier molecular flexibility index (Phi) is 15.6. The topological polar surface area (TPSA) is 108 Å². The first-order valence-electron chi connectivity index (χ1n) is 15.0. The predicted molar refractivity (Wildman–Crippen MR) is 165 cm³/mol. The van der Waals surface area contributed by atoms with Gasteiger partial charge >= 0.3 is 11.9 Å². The third-order valence-electron chi connectivity index (χ3n) is 6.40. The number of benzene rings is 1. The molecule has 8 nitrogen and oxygen atoms in total. The maximum atomic E-state index is 12.8. The Balaban J connectivity index is 3.02. The highest BCUT2D eigenvalue weighted by atomic mass is 32.2. The Morgan fingerprint density at radius 1 is 0.780 bits per heavy atom. The summed E-state index contributed by atoms with van der Waals surface area (Å²) in [5, 5.41) is 3.18. The fourth-order valence-electron chi connectivity index (χ4n) is 4.20. The molecule has 0 aliphatic heterocycles. The van der Waals surface area contributed by atoms with E-state index in [1.54, 1.807) is 6.07 Å². The largest absolute Gasteiger partial charge is 0.423 e. The van der Waals surface area contributed by atoms with Gasteiger partial charge in [-0.15, -0.1) is 0 Å². The van der Waals surface area contributed by atoms with Crippen LogP contribution in [0.4, 0.5) is 0 Å². The van der Waals surface area contributed by atoms with Gasteiger partial charge in [0.1, 0.15) is 6.10 Å². The first kappa shape index (κ1) is 37.1. The van der Waals surface area contributed by atoms with E-state index in [2.05, 4.69) is 46.9 Å². The molecule has 1 aromatic carbocycles. The summed E-state index contributed by atoms with van der Waals surface area (Å²) in [6.45, 7) is 17.3. The van der Waals surface area contributed by atoms with Gasteiger partial charge in [0.05, 0.1) is 6.26 Å². The maximum Gasteiger partial charge on any atom is 0.311 e. The van der Waals surface area contributed by atoms with Crippen molar-refractivity contribution in [3.05, 3.63) is 23.8 Å². The number of ether oxygens (including phenoxy) is 2. The molecule has 9 heteroatoms. The SMILES string of the molecule is CC(C)NCC(OS(C)(=O)=O)c1ccc(OC(=O)CCCCCC(C)(C)C)c(OC(=O)CCCCCC(C)(C)C)c1. The van der Waals surface area contributed by atoms with Crippen molar-refractivity contribution >= 4 is 22.1 Å². The van der Waals surface area contributed by atoms with Crippen molar-refractivity contribution in [3.63, 3.8) is 0 Å². The van der Waals surface area contributed by atoms with Crippen LogP contribution in [0, 0.1) is 10.8 Å². The third-order valence-corrected chi connectivity index (χ3v) is 6.99. The second-order valence-corrected chi connectivity index (χ2v) is 15.3. The Labute approximate surface area is 249 Å². The molecule has 0 aliphatic rings. The lowest BCUT2D eigenvalue weighted by molar-refractivity contribution is -0.137. The second-order valence-electron chi connectivity index (χ2n) is 13.7. The number of rotatable bonds is 18. The first-order valence-corrected chi connectivity index (χ1v) is 16.8. The number of hydrogen-bond donors (Lipinski definition) is 1. The molecule has 1 N–H and O–H groups in total. The van der Waals surface area contributed by atoms with Gasteiger partial charge in [-0.3, -0.25) is 13.8 Å². The molecule has 1 unspecified atom stereocenters. The van der Waals surface area contributed by atoms with E-state index < -0.39 is 28.2 Å². The quantitative estimate of drug-likeness (QED) is 0.0802. The number of unbranched alkanes of at least 4 members (excludes halogenated alkanes) is 4. The highest BCUT2D eigenvalue weighted by Gasteiger charge is 2.22. The minimum absolute atomic E-state index is 0.0786. The summed E-state index contributed by atoms with van der Waals surface area (Å²) < 4.78 is 40.6. The van der Waals surface area contributed by atoms with E-state index in [4.69, 9.17) is 13.7 Å². The zero-order valence-corrected chi connectivity index (χ0v) is 27.7. The monoisotopic (exact) mass is 597 g/mol. The van der Waals surface area contributed by atoms with Gasteiger partial charge in [0.2, 0.25) is 0 Å². The van der Waals surface area contributed by atoms with Crippen LogP contribution >= 0.6 is 0 Å². The number of carbonyl (C=O) groups excluding carboxylic acids is 2. The lowest BCUT2D eigenvalue weighted by Crippen LogP contribution is -2.30. The molecule has 0 aromatic heterocycles. The van der Waals surface area contributed by atoms with Gasteiger partial charge in [-0.05, 0) is 54.2 Å². The lowest BCUT2D eigenvalue weighted by atomic mass is 9.89. The maximum absolute atomic E-state index is 12.8. The molecule has 0 fully saturated rings. The van der Waals surface area contributed by atoms with Crippen molar-refractivity contribution in [2.45, 2.75) is 132 Å². The highest BCUT2D eigenvalue weighted by molar-refractivity contribution is 7.86. The standard InChI is InChI=1S/C32H55NO7S/c1-24(2)33-23-28(40-41(9,36)37)25-18-19-26(38-29(34)16-12-10-14-20-31(3,4)5)27(22-25)39-30(35)17-13-11-15-21-32(6,7)8/h18-19,22,24,28,33H,10-17,20-21,23H2,1-9H3. The number of nitrogens with one attached hydrogen (secondary N) is 1. The zero-order valence-electron chi connectivity index (χ0n) is 26.9. The molecule has 0 aliphatic carbocycles. The predicted octanol–water partition coefficient (Wildman–Crippen LogP) is 7.51. The van der Waals surface area contributed by atoms with E-state index in [9.17, 15) is 18.0 Å². The van der Waals surface area contributed by atoms with E-state index in [-0.39, 0.29) is 47.8 Å². The highest BCUT2D eigenvalue weighted by Crippen LogP contribution is 2.33. The number of hydrogen-bond acceptors (Lipinski definition) is 8. The van der Waals surface area contributed by atoms with Crippen LogP contribution in [0.5, 0.6) is 11.5 Å². The summed E-state index contributed by atoms with van der Waals surface area (Å²) in [5.41, 5.74) is 0.997. The molecule has 1 atom stereocenters. The molecule has 0 bridgehead atoms. The molecule has 0 radical (unpaired) electrons. The van der Waals surface area contributed by atoms with Gasteiger partial charge in [-0.2, -0.15) is 8.42 Å². The summed E-state index contributed by atoms with van der Waals surface area (Å²) in [6, 6.07) is 4.79. The van der Waals surface area contributed by atoms with E-state index in [0.717, 1.165) is 44.8 Å². The smallest absolute Gasteiger partial charge is 0.311 e. The van der Waals surface area contributed by atoms with Crippen LogP contribution in [0.25, 0.3) is 0 Å². The second kappa shape index (κ2) is 17.2. The van der Waals surface area contributed by atoms with Crippen LogP contribution in [0.3, 0.4) is 0 Å². The molecular weight excluding hydrogens is 542 g/mol. The molecule has 0 saturated heterocycles. The Morgan fingerprint density at radius 2 is 1.27 bits per heavy atom. The summed E-state index contributed by atoms with van der Waals surface area (Å²) in [6.07, 6.45) is 8.09. The Hall–Kier alpha value is -1.97. The molecule has 236 valence electrons. The Bertz CT molecular complexity index is 1050. The summed E-state index contributed by atoms with van der Waals surface area (Å²) in [7, 11) is -3.77. The fraction of sp³-hybridized carbons (Fsp3) is 0.750. The average molecular weight is 598 g/mol. The van der Waals surface area contributed by atoms with E-state index in [0.29, 0.717) is 18.4 Å². The molecule has 0 amide bonds. The van der Waals surface area contributed by atoms with Crippen molar-refractivity contribution in [3.8, 4) is 11.5 Å². The molecule has 41 heavy (non-hydrogen) atoms. The van der Waals surface area contributed by atoms with Gasteiger partial charge in [0, 0.05) is 25.4 Å². The summed E-state index contributed by atoms with van der Waals surface area (Å²) >= 11 is 0. The first-order chi connectivity index (χ1) is 18.8. The van der Waals surface area contributed by atoms with Gasteiger partial charge in [-0.1, -0.05) is 87.1 Å². The van der Waals surface area contributed by atoms with Crippen LogP contribution in [0.1, 0.15) is 131 Å². The minimum Gasteiger partial charge on any atom is -0.423 e. The minimum atomic E-state index is -3.77. The normalized spacial score (nSPS) is 13.3. The van der Waals surface area contributed by atoms with E-state index >= 15 is 0 Å². The van der Waals surface area contributed by atoms with E-state index in [1.807, 2.05) is 13.8 Å². The molecule has 0 spiro atoms. The number of esters is 2. The molecule has 0 heterocycles. The lowest BCUT2D eigenvalue weighted by Gasteiger charge is -2.20. The third kappa shape index (κ3) is 19.0. The van der Waals surface area contributed by atoms with Gasteiger partial charge in [0.25, 0.3) is 10.1 Å².